The lowest BCUT2D eigenvalue weighted by molar-refractivity contribution is -0.139. The summed E-state index contributed by atoms with van der Waals surface area (Å²) in [5.41, 5.74) is 7.09. The van der Waals surface area contributed by atoms with Crippen molar-refractivity contribution in [3.05, 3.63) is 35.9 Å². The molecule has 2 N–H and O–H groups in total. The van der Waals surface area contributed by atoms with Crippen molar-refractivity contribution in [1.29, 1.82) is 0 Å². The quantitative estimate of drug-likeness (QED) is 0.809. The second-order valence-corrected chi connectivity index (χ2v) is 9.87. The van der Waals surface area contributed by atoms with Crippen molar-refractivity contribution in [3.63, 3.8) is 0 Å². The predicted molar refractivity (Wildman–Crippen MR) is 107 cm³/mol. The van der Waals surface area contributed by atoms with Crippen molar-refractivity contribution in [2.24, 2.45) is 23.5 Å². The SMILES string of the molecule is Cl.NC1C2CCC(C2)C1C(=O)N1CCN(S(=O)(=O)Cc2ccccc2)CC1. The van der Waals surface area contributed by atoms with E-state index in [0.717, 1.165) is 24.8 Å². The topological polar surface area (TPSA) is 83.7 Å². The number of hydrogen-bond donors (Lipinski definition) is 1. The van der Waals surface area contributed by atoms with Gasteiger partial charge in [-0.1, -0.05) is 30.3 Å². The molecule has 1 heterocycles. The molecule has 2 bridgehead atoms. The fraction of sp³-hybridized carbons (Fsp3) is 0.632. The number of sulfonamides is 1. The van der Waals surface area contributed by atoms with Crippen molar-refractivity contribution in [1.82, 2.24) is 9.21 Å². The molecule has 4 unspecified atom stereocenters. The van der Waals surface area contributed by atoms with Crippen LogP contribution < -0.4 is 5.73 Å². The molecule has 3 fully saturated rings. The van der Waals surface area contributed by atoms with Crippen molar-refractivity contribution in [3.8, 4) is 0 Å². The Morgan fingerprint density at radius 3 is 2.26 bits per heavy atom. The molecule has 1 aromatic carbocycles. The number of amides is 1. The van der Waals surface area contributed by atoms with Gasteiger partial charge in [-0.2, -0.15) is 4.31 Å². The predicted octanol–water partition coefficient (Wildman–Crippen LogP) is 1.46. The van der Waals surface area contributed by atoms with E-state index >= 15 is 0 Å². The standard InChI is InChI=1S/C19H27N3O3S.ClH/c20-18-16-7-6-15(12-16)17(18)19(23)21-8-10-22(11-9-21)26(24,25)13-14-4-2-1-3-5-14;/h1-5,15-18H,6-13,20H2;1H. The van der Waals surface area contributed by atoms with Crippen LogP contribution in [0.3, 0.4) is 0 Å². The van der Waals surface area contributed by atoms with Crippen LogP contribution in [0, 0.1) is 17.8 Å². The molecular weight excluding hydrogens is 386 g/mol. The number of benzene rings is 1. The maximum atomic E-state index is 12.9. The molecule has 2 aliphatic carbocycles. The first-order chi connectivity index (χ1) is 12.5. The number of carbonyl (C=O) groups excluding carboxylic acids is 1. The number of nitrogens with two attached hydrogens (primary N) is 1. The van der Waals surface area contributed by atoms with Crippen LogP contribution in [0.1, 0.15) is 24.8 Å². The molecule has 2 saturated carbocycles. The highest BCUT2D eigenvalue weighted by Gasteiger charge is 2.50. The third-order valence-corrected chi connectivity index (χ3v) is 8.25. The second-order valence-electron chi connectivity index (χ2n) is 7.90. The van der Waals surface area contributed by atoms with Gasteiger partial charge in [0, 0.05) is 32.2 Å². The maximum absolute atomic E-state index is 12.9. The minimum absolute atomic E-state index is 0. The summed E-state index contributed by atoms with van der Waals surface area (Å²) in [5, 5.41) is 0. The van der Waals surface area contributed by atoms with E-state index in [-0.39, 0.29) is 36.0 Å². The van der Waals surface area contributed by atoms with Gasteiger partial charge >= 0.3 is 0 Å². The van der Waals surface area contributed by atoms with Crippen molar-refractivity contribution >= 4 is 28.3 Å². The number of fused-ring (bicyclic) bond motifs is 2. The van der Waals surface area contributed by atoms with Gasteiger partial charge in [0.15, 0.2) is 0 Å². The summed E-state index contributed by atoms with van der Waals surface area (Å²) in [6, 6.07) is 9.21. The third kappa shape index (κ3) is 4.01. The van der Waals surface area contributed by atoms with Crippen LogP contribution in [-0.2, 0) is 20.6 Å². The Bertz CT molecular complexity index is 764. The Hall–Kier alpha value is -1.15. The molecule has 6 nitrogen and oxygen atoms in total. The summed E-state index contributed by atoms with van der Waals surface area (Å²) >= 11 is 0. The van der Waals surface area contributed by atoms with Crippen molar-refractivity contribution in [2.45, 2.75) is 31.1 Å². The lowest BCUT2D eigenvalue weighted by Gasteiger charge is -2.38. The highest BCUT2D eigenvalue weighted by atomic mass is 35.5. The molecule has 1 aromatic rings. The van der Waals surface area contributed by atoms with Crippen LogP contribution in [0.4, 0.5) is 0 Å². The molecule has 1 aliphatic heterocycles. The summed E-state index contributed by atoms with van der Waals surface area (Å²) in [7, 11) is -3.35. The third-order valence-electron chi connectivity index (χ3n) is 6.40. The first-order valence-corrected chi connectivity index (χ1v) is 11.1. The van der Waals surface area contributed by atoms with Crippen LogP contribution in [0.15, 0.2) is 30.3 Å². The zero-order valence-corrected chi connectivity index (χ0v) is 17.0. The molecule has 27 heavy (non-hydrogen) atoms. The van der Waals surface area contributed by atoms with Gasteiger partial charge in [-0.05, 0) is 36.7 Å². The number of nitrogens with zero attached hydrogens (tertiary/aromatic N) is 2. The van der Waals surface area contributed by atoms with E-state index < -0.39 is 10.0 Å². The van der Waals surface area contributed by atoms with Crippen molar-refractivity contribution in [2.75, 3.05) is 26.2 Å². The van der Waals surface area contributed by atoms with E-state index in [0.29, 0.717) is 38.0 Å². The Morgan fingerprint density at radius 1 is 1.04 bits per heavy atom. The van der Waals surface area contributed by atoms with Gasteiger partial charge in [-0.3, -0.25) is 4.79 Å². The van der Waals surface area contributed by atoms with Crippen LogP contribution in [0.5, 0.6) is 0 Å². The van der Waals surface area contributed by atoms with Crippen LogP contribution in [0.25, 0.3) is 0 Å². The molecule has 150 valence electrons. The van der Waals surface area contributed by atoms with Crippen LogP contribution in [-0.4, -0.2) is 55.8 Å². The summed E-state index contributed by atoms with van der Waals surface area (Å²) in [6.07, 6.45) is 3.35. The van der Waals surface area contributed by atoms with E-state index in [1.165, 1.54) is 4.31 Å². The molecule has 1 amide bonds. The second kappa shape index (κ2) is 8.07. The number of piperazine rings is 1. The van der Waals surface area contributed by atoms with E-state index in [9.17, 15) is 13.2 Å². The van der Waals surface area contributed by atoms with Crippen LogP contribution in [0.2, 0.25) is 0 Å². The summed E-state index contributed by atoms with van der Waals surface area (Å²) < 4.78 is 26.8. The average molecular weight is 414 g/mol. The van der Waals surface area contributed by atoms with Gasteiger partial charge < -0.3 is 10.6 Å². The van der Waals surface area contributed by atoms with E-state index in [2.05, 4.69) is 0 Å². The van der Waals surface area contributed by atoms with Gasteiger partial charge in [0.05, 0.1) is 11.7 Å². The smallest absolute Gasteiger partial charge is 0.227 e. The molecule has 4 rings (SSSR count). The van der Waals surface area contributed by atoms with Crippen LogP contribution >= 0.6 is 12.4 Å². The maximum Gasteiger partial charge on any atom is 0.227 e. The first kappa shape index (κ1) is 20.6. The molecule has 0 spiro atoms. The van der Waals surface area contributed by atoms with Gasteiger partial charge in [0.25, 0.3) is 0 Å². The van der Waals surface area contributed by atoms with Gasteiger partial charge in [-0.15, -0.1) is 12.4 Å². The summed E-state index contributed by atoms with van der Waals surface area (Å²) in [4.78, 5) is 14.8. The molecular formula is C19H28ClN3O3S. The average Bonchev–Trinajstić information content (AvgIpc) is 3.23. The van der Waals surface area contributed by atoms with Gasteiger partial charge in [0.1, 0.15) is 0 Å². The molecule has 8 heteroatoms. The monoisotopic (exact) mass is 413 g/mol. The first-order valence-electron chi connectivity index (χ1n) is 9.52. The number of rotatable bonds is 4. The normalized spacial score (nSPS) is 30.9. The number of halogens is 1. The zero-order valence-electron chi connectivity index (χ0n) is 15.4. The van der Waals surface area contributed by atoms with Crippen molar-refractivity contribution < 1.29 is 13.2 Å². The van der Waals surface area contributed by atoms with Gasteiger partial charge in [0.2, 0.25) is 15.9 Å². The number of hydrogen-bond acceptors (Lipinski definition) is 4. The molecule has 3 aliphatic rings. The summed E-state index contributed by atoms with van der Waals surface area (Å²) in [6.45, 7) is 1.68. The molecule has 0 radical (unpaired) electrons. The van der Waals surface area contributed by atoms with Gasteiger partial charge in [-0.25, -0.2) is 8.42 Å². The minimum Gasteiger partial charge on any atom is -0.340 e. The Labute approximate surface area is 167 Å². The molecule has 0 aromatic heterocycles. The fourth-order valence-corrected chi connectivity index (χ4v) is 6.49. The minimum atomic E-state index is -3.35. The Kier molecular flexibility index (Phi) is 6.15. The highest BCUT2D eigenvalue weighted by Crippen LogP contribution is 2.48. The van der Waals surface area contributed by atoms with E-state index in [4.69, 9.17) is 5.73 Å². The molecule has 1 saturated heterocycles. The fourth-order valence-electron chi connectivity index (χ4n) is 4.98. The zero-order chi connectivity index (χ0) is 18.3. The van der Waals surface area contributed by atoms with E-state index in [1.54, 1.807) is 0 Å². The number of carbonyl (C=O) groups is 1. The lowest BCUT2D eigenvalue weighted by atomic mass is 9.84. The Balaban J connectivity index is 0.00000210. The summed E-state index contributed by atoms with van der Waals surface area (Å²) in [5.74, 6) is 1.04. The highest BCUT2D eigenvalue weighted by molar-refractivity contribution is 7.88. The largest absolute Gasteiger partial charge is 0.340 e. The Morgan fingerprint density at radius 2 is 1.67 bits per heavy atom. The van der Waals surface area contributed by atoms with E-state index in [1.807, 2.05) is 35.2 Å². The molecule has 4 atom stereocenters. The lowest BCUT2D eigenvalue weighted by Crippen LogP contribution is -2.54.